The second kappa shape index (κ2) is 10.2. The Labute approximate surface area is 198 Å². The van der Waals surface area contributed by atoms with Gasteiger partial charge in [0.25, 0.3) is 10.0 Å². The number of halogens is 2. The Morgan fingerprint density at radius 1 is 1.16 bits per heavy atom. The van der Waals surface area contributed by atoms with Crippen molar-refractivity contribution >= 4 is 73.0 Å². The fraction of sp³-hybridized carbons (Fsp3) is 0.211. The lowest BCUT2D eigenvalue weighted by Gasteiger charge is -2.25. The Morgan fingerprint density at radius 2 is 1.87 bits per heavy atom. The highest BCUT2D eigenvalue weighted by atomic mass is 35.5. The molecule has 7 nitrogen and oxygen atoms in total. The molecule has 0 aliphatic carbocycles. The van der Waals surface area contributed by atoms with Crippen LogP contribution in [0.1, 0.15) is 13.8 Å². The number of carbonyl (C=O) groups excluding carboxylic acids is 1. The van der Waals surface area contributed by atoms with E-state index in [0.717, 1.165) is 4.31 Å². The second-order valence-corrected chi connectivity index (χ2v) is 12.0. The molecule has 1 aromatic heterocycles. The summed E-state index contributed by atoms with van der Waals surface area (Å²) in [4.78, 5) is 12.8. The van der Waals surface area contributed by atoms with Crippen LogP contribution in [0.25, 0.3) is 0 Å². The van der Waals surface area contributed by atoms with Crippen LogP contribution in [0.3, 0.4) is 0 Å². The molecule has 12 heteroatoms. The van der Waals surface area contributed by atoms with Crippen LogP contribution in [0.15, 0.2) is 57.8 Å². The van der Waals surface area contributed by atoms with Gasteiger partial charge in [-0.25, -0.2) is 8.42 Å². The summed E-state index contributed by atoms with van der Waals surface area (Å²) in [6.07, 6.45) is 0. The molecule has 0 saturated heterocycles. The molecule has 1 amide bonds. The summed E-state index contributed by atoms with van der Waals surface area (Å²) in [7, 11) is -4.10. The zero-order valence-electron chi connectivity index (χ0n) is 16.5. The molecule has 164 valence electrons. The first-order valence-corrected chi connectivity index (χ1v) is 12.9. The smallest absolute Gasteiger partial charge is 0.264 e. The molecule has 0 atom stereocenters. The van der Waals surface area contributed by atoms with Crippen molar-refractivity contribution < 1.29 is 13.2 Å². The maximum atomic E-state index is 13.3. The molecule has 0 spiro atoms. The SMILES string of the molecule is CC(C)Sc1nnc(NC(=O)CN(c2cc(Cl)ccc2Cl)S(=O)(=O)c2ccccc2)s1. The third-order valence-electron chi connectivity index (χ3n) is 3.78. The first kappa shape index (κ1) is 23.8. The van der Waals surface area contributed by atoms with Crippen LogP contribution in [0.5, 0.6) is 0 Å². The number of thioether (sulfide) groups is 1. The van der Waals surface area contributed by atoms with Crippen molar-refractivity contribution in [2.75, 3.05) is 16.2 Å². The van der Waals surface area contributed by atoms with Crippen LogP contribution in [0.4, 0.5) is 10.8 Å². The summed E-state index contributed by atoms with van der Waals surface area (Å²) < 4.78 is 28.3. The zero-order valence-corrected chi connectivity index (χ0v) is 20.4. The lowest BCUT2D eigenvalue weighted by atomic mass is 10.3. The van der Waals surface area contributed by atoms with Gasteiger partial charge >= 0.3 is 0 Å². The van der Waals surface area contributed by atoms with Gasteiger partial charge in [-0.2, -0.15) is 0 Å². The molecule has 3 rings (SSSR count). The van der Waals surface area contributed by atoms with Gasteiger partial charge < -0.3 is 0 Å². The van der Waals surface area contributed by atoms with E-state index in [1.54, 1.807) is 18.2 Å². The number of anilines is 2. The molecule has 31 heavy (non-hydrogen) atoms. The quantitative estimate of drug-likeness (QED) is 0.327. The van der Waals surface area contributed by atoms with Gasteiger partial charge in [-0.3, -0.25) is 14.4 Å². The van der Waals surface area contributed by atoms with E-state index < -0.39 is 22.5 Å². The van der Waals surface area contributed by atoms with Crippen LogP contribution in [0.2, 0.25) is 10.0 Å². The molecule has 1 heterocycles. The molecule has 2 aromatic carbocycles. The molecule has 0 saturated carbocycles. The average molecular weight is 517 g/mol. The minimum absolute atomic E-state index is 0.0189. The summed E-state index contributed by atoms with van der Waals surface area (Å²) in [5.41, 5.74) is 0.0986. The van der Waals surface area contributed by atoms with Crippen molar-refractivity contribution in [1.29, 1.82) is 0 Å². The molecule has 0 aliphatic heterocycles. The molecule has 0 radical (unpaired) electrons. The van der Waals surface area contributed by atoms with Gasteiger partial charge in [0.2, 0.25) is 11.0 Å². The van der Waals surface area contributed by atoms with Crippen LogP contribution in [0, 0.1) is 0 Å². The lowest BCUT2D eigenvalue weighted by Crippen LogP contribution is -2.38. The van der Waals surface area contributed by atoms with Gasteiger partial charge in [-0.1, -0.05) is 78.3 Å². The maximum Gasteiger partial charge on any atom is 0.264 e. The van der Waals surface area contributed by atoms with E-state index in [1.165, 1.54) is 53.4 Å². The van der Waals surface area contributed by atoms with E-state index >= 15 is 0 Å². The molecule has 0 fully saturated rings. The fourth-order valence-corrected chi connectivity index (χ4v) is 6.38. The Hall–Kier alpha value is -1.85. The monoisotopic (exact) mass is 516 g/mol. The topological polar surface area (TPSA) is 92.3 Å². The second-order valence-electron chi connectivity index (χ2n) is 6.51. The summed E-state index contributed by atoms with van der Waals surface area (Å²) in [5, 5.41) is 11.6. The van der Waals surface area contributed by atoms with Crippen molar-refractivity contribution in [3.63, 3.8) is 0 Å². The highest BCUT2D eigenvalue weighted by molar-refractivity contribution is 8.01. The average Bonchev–Trinajstić information content (AvgIpc) is 3.14. The standard InChI is InChI=1S/C19H18Cl2N4O3S3/c1-12(2)29-19-24-23-18(30-19)22-17(26)11-25(16-10-13(20)8-9-15(16)21)31(27,28)14-6-4-3-5-7-14/h3-10,12H,11H2,1-2H3,(H,22,23,26). The lowest BCUT2D eigenvalue weighted by molar-refractivity contribution is -0.114. The van der Waals surface area contributed by atoms with Crippen LogP contribution >= 0.6 is 46.3 Å². The summed E-state index contributed by atoms with van der Waals surface area (Å²) in [6.45, 7) is 3.51. The van der Waals surface area contributed by atoms with Crippen LogP contribution < -0.4 is 9.62 Å². The number of hydrogen-bond donors (Lipinski definition) is 1. The number of benzene rings is 2. The molecule has 0 aliphatic rings. The number of hydrogen-bond acceptors (Lipinski definition) is 7. The van der Waals surface area contributed by atoms with Crippen molar-refractivity contribution in [2.45, 2.75) is 28.3 Å². The van der Waals surface area contributed by atoms with Gasteiger partial charge in [0.15, 0.2) is 4.34 Å². The summed E-state index contributed by atoms with van der Waals surface area (Å²) in [5.74, 6) is -0.590. The van der Waals surface area contributed by atoms with E-state index in [1.807, 2.05) is 13.8 Å². The van der Waals surface area contributed by atoms with Gasteiger partial charge in [-0.15, -0.1) is 10.2 Å². The Morgan fingerprint density at radius 3 is 2.55 bits per heavy atom. The van der Waals surface area contributed by atoms with Gasteiger partial charge in [0.1, 0.15) is 6.54 Å². The van der Waals surface area contributed by atoms with Crippen molar-refractivity contribution in [3.05, 3.63) is 58.6 Å². The number of nitrogens with zero attached hydrogens (tertiary/aromatic N) is 3. The van der Waals surface area contributed by atoms with Gasteiger partial charge in [0.05, 0.1) is 15.6 Å². The number of sulfonamides is 1. The molecule has 3 aromatic rings. The predicted molar refractivity (Wildman–Crippen MR) is 127 cm³/mol. The maximum absolute atomic E-state index is 13.3. The van der Waals surface area contributed by atoms with Gasteiger partial charge in [0, 0.05) is 10.3 Å². The van der Waals surface area contributed by atoms with E-state index in [4.69, 9.17) is 23.2 Å². The molecular formula is C19H18Cl2N4O3S3. The first-order valence-electron chi connectivity index (χ1n) is 8.99. The van der Waals surface area contributed by atoms with Crippen LogP contribution in [-0.4, -0.2) is 36.3 Å². The summed E-state index contributed by atoms with van der Waals surface area (Å²) in [6, 6.07) is 12.2. The first-order chi connectivity index (χ1) is 14.7. The van der Waals surface area contributed by atoms with E-state index in [2.05, 4.69) is 15.5 Å². The zero-order chi connectivity index (χ0) is 22.6. The highest BCUT2D eigenvalue weighted by Gasteiger charge is 2.29. The minimum atomic E-state index is -4.10. The van der Waals surface area contributed by atoms with E-state index in [9.17, 15) is 13.2 Å². The molecule has 1 N–H and O–H groups in total. The predicted octanol–water partition coefficient (Wildman–Crippen LogP) is 5.18. The van der Waals surface area contributed by atoms with Crippen molar-refractivity contribution in [1.82, 2.24) is 10.2 Å². The number of nitrogens with one attached hydrogen (secondary N) is 1. The van der Waals surface area contributed by atoms with Gasteiger partial charge in [-0.05, 0) is 30.3 Å². The van der Waals surface area contributed by atoms with Crippen LogP contribution in [-0.2, 0) is 14.8 Å². The molecule has 0 bridgehead atoms. The Kier molecular flexibility index (Phi) is 7.82. The number of aromatic nitrogens is 2. The number of carbonyl (C=O) groups is 1. The fourth-order valence-electron chi connectivity index (χ4n) is 2.50. The Bertz CT molecular complexity index is 1170. The number of amides is 1. The van der Waals surface area contributed by atoms with E-state index in [-0.39, 0.29) is 25.8 Å². The Balaban J connectivity index is 1.91. The highest BCUT2D eigenvalue weighted by Crippen LogP contribution is 2.33. The minimum Gasteiger partial charge on any atom is -0.299 e. The van der Waals surface area contributed by atoms with Crippen molar-refractivity contribution in [2.24, 2.45) is 0 Å². The molecule has 0 unspecified atom stereocenters. The third kappa shape index (κ3) is 6.11. The number of rotatable bonds is 8. The normalized spacial score (nSPS) is 11.5. The van der Waals surface area contributed by atoms with Crippen molar-refractivity contribution in [3.8, 4) is 0 Å². The largest absolute Gasteiger partial charge is 0.299 e. The third-order valence-corrected chi connectivity index (χ3v) is 8.04. The summed E-state index contributed by atoms with van der Waals surface area (Å²) >= 11 is 15.1. The van der Waals surface area contributed by atoms with E-state index in [0.29, 0.717) is 9.59 Å². The molecular weight excluding hydrogens is 499 g/mol.